The van der Waals surface area contributed by atoms with Crippen molar-refractivity contribution in [1.82, 2.24) is 15.1 Å². The average Bonchev–Trinajstić information content (AvgIpc) is 3.11. The number of rotatable bonds is 5. The van der Waals surface area contributed by atoms with Crippen LogP contribution in [0, 0.1) is 3.57 Å². The zero-order valence-electron chi connectivity index (χ0n) is 12.6. The first kappa shape index (κ1) is 16.4. The highest BCUT2D eigenvalue weighted by Crippen LogP contribution is 2.14. The Bertz CT molecular complexity index is 886. The molecule has 0 radical (unpaired) electrons. The Kier molecular flexibility index (Phi) is 5.09. The molecule has 6 nitrogen and oxygen atoms in total. The summed E-state index contributed by atoms with van der Waals surface area (Å²) in [6, 6.07) is 14.3. The fourth-order valence-electron chi connectivity index (χ4n) is 2.11. The fourth-order valence-corrected chi connectivity index (χ4v) is 2.47. The number of amides is 1. The van der Waals surface area contributed by atoms with Crippen molar-refractivity contribution < 1.29 is 9.21 Å². The van der Waals surface area contributed by atoms with Gasteiger partial charge in [0.1, 0.15) is 12.2 Å². The summed E-state index contributed by atoms with van der Waals surface area (Å²) < 4.78 is 7.51. The van der Waals surface area contributed by atoms with Gasteiger partial charge in [-0.3, -0.25) is 9.59 Å². The van der Waals surface area contributed by atoms with E-state index in [1.807, 2.05) is 24.3 Å². The van der Waals surface area contributed by atoms with Crippen LogP contribution in [0.5, 0.6) is 0 Å². The number of nitrogens with zero attached hydrogens (tertiary/aromatic N) is 2. The molecular weight excluding hydrogens is 421 g/mol. The van der Waals surface area contributed by atoms with Crippen molar-refractivity contribution in [2.45, 2.75) is 13.1 Å². The Morgan fingerprint density at radius 1 is 1.17 bits per heavy atom. The van der Waals surface area contributed by atoms with Crippen molar-refractivity contribution in [1.29, 1.82) is 0 Å². The van der Waals surface area contributed by atoms with Crippen LogP contribution in [-0.4, -0.2) is 15.7 Å². The number of furan rings is 1. The molecule has 0 saturated carbocycles. The van der Waals surface area contributed by atoms with Gasteiger partial charge in [0.2, 0.25) is 5.91 Å². The van der Waals surface area contributed by atoms with Crippen LogP contribution < -0.4 is 10.9 Å². The van der Waals surface area contributed by atoms with Crippen LogP contribution in [0.15, 0.2) is 64.0 Å². The molecule has 2 aromatic heterocycles. The molecule has 0 aliphatic rings. The van der Waals surface area contributed by atoms with E-state index in [4.69, 9.17) is 4.42 Å². The summed E-state index contributed by atoms with van der Waals surface area (Å²) in [5.74, 6) is 0.266. The minimum Gasteiger partial charge on any atom is -0.463 e. The van der Waals surface area contributed by atoms with Gasteiger partial charge in [-0.1, -0.05) is 12.1 Å². The average molecular weight is 435 g/mol. The minimum absolute atomic E-state index is 0.141. The normalized spacial score (nSPS) is 10.5. The van der Waals surface area contributed by atoms with Crippen molar-refractivity contribution in [3.05, 3.63) is 74.3 Å². The first-order valence-electron chi connectivity index (χ1n) is 7.25. The maximum Gasteiger partial charge on any atom is 0.267 e. The van der Waals surface area contributed by atoms with Gasteiger partial charge in [-0.05, 0) is 58.5 Å². The highest BCUT2D eigenvalue weighted by molar-refractivity contribution is 14.1. The van der Waals surface area contributed by atoms with Crippen molar-refractivity contribution in [3.63, 3.8) is 0 Å². The Balaban J connectivity index is 1.66. The minimum atomic E-state index is -0.338. The number of halogens is 1. The number of hydrogen-bond acceptors (Lipinski definition) is 4. The second-order valence-corrected chi connectivity index (χ2v) is 6.34. The molecule has 1 N–H and O–H groups in total. The molecule has 1 amide bonds. The number of hydrogen-bond donors (Lipinski definition) is 1. The summed E-state index contributed by atoms with van der Waals surface area (Å²) in [5, 5.41) is 6.95. The van der Waals surface area contributed by atoms with E-state index in [2.05, 4.69) is 33.0 Å². The molecule has 3 aromatic rings. The molecule has 3 rings (SSSR count). The lowest BCUT2D eigenvalue weighted by Gasteiger charge is -2.08. The molecule has 7 heteroatoms. The van der Waals surface area contributed by atoms with Crippen LogP contribution in [0.25, 0.3) is 11.5 Å². The summed E-state index contributed by atoms with van der Waals surface area (Å²) in [4.78, 5) is 23.9. The van der Waals surface area contributed by atoms with E-state index >= 15 is 0 Å². The van der Waals surface area contributed by atoms with Gasteiger partial charge in [0.15, 0.2) is 5.76 Å². The predicted molar refractivity (Wildman–Crippen MR) is 97.2 cm³/mol. The van der Waals surface area contributed by atoms with Crippen molar-refractivity contribution >= 4 is 28.5 Å². The predicted octanol–water partition coefficient (Wildman–Crippen LogP) is 2.42. The number of carbonyl (C=O) groups is 1. The number of carbonyl (C=O) groups excluding carboxylic acids is 1. The van der Waals surface area contributed by atoms with E-state index in [0.29, 0.717) is 18.0 Å². The Morgan fingerprint density at radius 2 is 1.96 bits per heavy atom. The monoisotopic (exact) mass is 435 g/mol. The van der Waals surface area contributed by atoms with Crippen molar-refractivity contribution in [3.8, 4) is 11.5 Å². The molecule has 0 bridgehead atoms. The summed E-state index contributed by atoms with van der Waals surface area (Å²) >= 11 is 2.22. The molecule has 0 fully saturated rings. The first-order chi connectivity index (χ1) is 11.6. The smallest absolute Gasteiger partial charge is 0.267 e. The fraction of sp³-hybridized carbons (Fsp3) is 0.118. The maximum atomic E-state index is 12.1. The van der Waals surface area contributed by atoms with Gasteiger partial charge in [0, 0.05) is 16.2 Å². The van der Waals surface area contributed by atoms with Gasteiger partial charge in [-0.2, -0.15) is 5.10 Å². The highest BCUT2D eigenvalue weighted by Gasteiger charge is 2.09. The molecule has 0 aliphatic carbocycles. The zero-order chi connectivity index (χ0) is 16.9. The molecule has 122 valence electrons. The van der Waals surface area contributed by atoms with E-state index in [1.54, 1.807) is 18.2 Å². The molecule has 0 spiro atoms. The molecule has 0 aliphatic heterocycles. The lowest BCUT2D eigenvalue weighted by molar-refractivity contribution is -0.122. The van der Waals surface area contributed by atoms with Gasteiger partial charge in [-0.15, -0.1) is 0 Å². The summed E-state index contributed by atoms with van der Waals surface area (Å²) in [6.07, 6.45) is 1.53. The van der Waals surface area contributed by atoms with E-state index in [-0.39, 0.29) is 18.0 Å². The van der Waals surface area contributed by atoms with Gasteiger partial charge >= 0.3 is 0 Å². The second kappa shape index (κ2) is 7.43. The zero-order valence-corrected chi connectivity index (χ0v) is 14.8. The summed E-state index contributed by atoms with van der Waals surface area (Å²) in [6.45, 7) is 0.264. The Morgan fingerprint density at radius 3 is 2.67 bits per heavy atom. The van der Waals surface area contributed by atoms with Gasteiger partial charge < -0.3 is 9.73 Å². The summed E-state index contributed by atoms with van der Waals surface area (Å²) in [5.41, 5.74) is 1.16. The lowest BCUT2D eigenvalue weighted by atomic mass is 10.2. The SMILES string of the molecule is O=C(Cn1nc(-c2ccco2)ccc1=O)NCc1ccc(I)cc1. The highest BCUT2D eigenvalue weighted by atomic mass is 127. The standard InChI is InChI=1S/C17H14IN3O3/c18-13-5-3-12(4-6-13)10-19-16(22)11-21-17(23)8-7-14(20-21)15-2-1-9-24-15/h1-9H,10-11H2,(H,19,22). The van der Waals surface area contributed by atoms with E-state index in [1.165, 1.54) is 12.3 Å². The quantitative estimate of drug-likeness (QED) is 0.625. The second-order valence-electron chi connectivity index (χ2n) is 5.09. The van der Waals surface area contributed by atoms with E-state index < -0.39 is 0 Å². The first-order valence-corrected chi connectivity index (χ1v) is 8.33. The molecule has 0 unspecified atom stereocenters. The summed E-state index contributed by atoms with van der Waals surface area (Å²) in [7, 11) is 0. The van der Waals surface area contributed by atoms with Crippen molar-refractivity contribution in [2.75, 3.05) is 0 Å². The third kappa shape index (κ3) is 4.10. The Hall–Kier alpha value is -2.42. The number of nitrogens with one attached hydrogen (secondary N) is 1. The third-order valence-electron chi connectivity index (χ3n) is 3.34. The van der Waals surface area contributed by atoms with Crippen LogP contribution in [0.3, 0.4) is 0 Å². The number of aromatic nitrogens is 2. The topological polar surface area (TPSA) is 77.1 Å². The molecule has 0 atom stereocenters. The van der Waals surface area contributed by atoms with Crippen LogP contribution in [0.1, 0.15) is 5.56 Å². The van der Waals surface area contributed by atoms with E-state index in [0.717, 1.165) is 13.8 Å². The molecule has 24 heavy (non-hydrogen) atoms. The van der Waals surface area contributed by atoms with Gasteiger partial charge in [0.05, 0.1) is 6.26 Å². The third-order valence-corrected chi connectivity index (χ3v) is 4.06. The van der Waals surface area contributed by atoms with Crippen molar-refractivity contribution in [2.24, 2.45) is 0 Å². The maximum absolute atomic E-state index is 12.1. The van der Waals surface area contributed by atoms with Crippen LogP contribution in [0.2, 0.25) is 0 Å². The Labute approximate surface area is 151 Å². The van der Waals surface area contributed by atoms with Crippen LogP contribution >= 0.6 is 22.6 Å². The van der Waals surface area contributed by atoms with E-state index in [9.17, 15) is 9.59 Å². The molecular formula is C17H14IN3O3. The number of benzene rings is 1. The molecule has 1 aromatic carbocycles. The molecule has 2 heterocycles. The van der Waals surface area contributed by atoms with Crippen LogP contribution in [0.4, 0.5) is 0 Å². The van der Waals surface area contributed by atoms with Crippen LogP contribution in [-0.2, 0) is 17.9 Å². The van der Waals surface area contributed by atoms with Gasteiger partial charge in [-0.25, -0.2) is 4.68 Å². The largest absolute Gasteiger partial charge is 0.463 e. The molecule has 0 saturated heterocycles. The lowest BCUT2D eigenvalue weighted by Crippen LogP contribution is -2.33. The van der Waals surface area contributed by atoms with Gasteiger partial charge in [0.25, 0.3) is 5.56 Å².